The third kappa shape index (κ3) is 4.75. The molecule has 0 aliphatic heterocycles. The van der Waals surface area contributed by atoms with Crippen LogP contribution < -0.4 is 0 Å². The Balaban J connectivity index is 3.00. The molecule has 1 aromatic rings. The van der Waals surface area contributed by atoms with E-state index in [2.05, 4.69) is 4.74 Å². The zero-order chi connectivity index (χ0) is 14.3. The van der Waals surface area contributed by atoms with Crippen LogP contribution in [0.2, 0.25) is 5.02 Å². The van der Waals surface area contributed by atoms with Crippen molar-refractivity contribution in [3.8, 4) is 0 Å². The molecule has 0 radical (unpaired) electrons. The molecule has 0 bridgehead atoms. The van der Waals surface area contributed by atoms with E-state index in [1.807, 2.05) is 0 Å². The molecule has 0 unspecified atom stereocenters. The van der Waals surface area contributed by atoms with Crippen molar-refractivity contribution in [2.45, 2.75) is 13.3 Å². The lowest BCUT2D eigenvalue weighted by molar-refractivity contribution is -0.145. The molecule has 0 fully saturated rings. The number of methoxy groups -OCH3 is 1. The number of hydrogen-bond acceptors (Lipinski definition) is 4. The standard InChI is InChI=1S/C14H15ClO4/c1-3-19-13(16)9-11(14(17)18-2)8-10-6-4-5-7-12(10)15/h4-8H,3,9H2,1-2H3/b11-8+. The second-order valence-electron chi connectivity index (χ2n) is 3.66. The molecular weight excluding hydrogens is 268 g/mol. The van der Waals surface area contributed by atoms with Crippen molar-refractivity contribution in [3.05, 3.63) is 40.4 Å². The fourth-order valence-corrected chi connectivity index (χ4v) is 1.65. The Morgan fingerprint density at radius 2 is 2.00 bits per heavy atom. The monoisotopic (exact) mass is 282 g/mol. The normalized spacial score (nSPS) is 11.0. The molecular formula is C14H15ClO4. The van der Waals surface area contributed by atoms with Gasteiger partial charge in [0.15, 0.2) is 0 Å². The number of carbonyl (C=O) groups excluding carboxylic acids is 2. The predicted molar refractivity (Wildman–Crippen MR) is 72.7 cm³/mol. The van der Waals surface area contributed by atoms with Crippen molar-refractivity contribution in [2.75, 3.05) is 13.7 Å². The van der Waals surface area contributed by atoms with E-state index in [-0.39, 0.29) is 18.6 Å². The molecule has 4 nitrogen and oxygen atoms in total. The molecule has 1 rings (SSSR count). The minimum Gasteiger partial charge on any atom is -0.466 e. The van der Waals surface area contributed by atoms with Gasteiger partial charge in [-0.25, -0.2) is 4.79 Å². The summed E-state index contributed by atoms with van der Waals surface area (Å²) in [7, 11) is 1.26. The zero-order valence-corrected chi connectivity index (χ0v) is 11.6. The second-order valence-corrected chi connectivity index (χ2v) is 4.07. The highest BCUT2D eigenvalue weighted by atomic mass is 35.5. The van der Waals surface area contributed by atoms with Crippen molar-refractivity contribution in [2.24, 2.45) is 0 Å². The van der Waals surface area contributed by atoms with Gasteiger partial charge in [0.25, 0.3) is 0 Å². The van der Waals surface area contributed by atoms with E-state index in [9.17, 15) is 9.59 Å². The van der Waals surface area contributed by atoms with E-state index in [0.29, 0.717) is 10.6 Å². The summed E-state index contributed by atoms with van der Waals surface area (Å²) >= 11 is 6.00. The number of benzene rings is 1. The highest BCUT2D eigenvalue weighted by Crippen LogP contribution is 2.20. The predicted octanol–water partition coefficient (Wildman–Crippen LogP) is 2.85. The van der Waals surface area contributed by atoms with Crippen LogP contribution in [0.3, 0.4) is 0 Å². The van der Waals surface area contributed by atoms with Crippen LogP contribution in [-0.2, 0) is 19.1 Å². The molecule has 0 saturated heterocycles. The Morgan fingerprint density at radius 3 is 2.58 bits per heavy atom. The lowest BCUT2D eigenvalue weighted by Crippen LogP contribution is -2.12. The molecule has 0 spiro atoms. The van der Waals surface area contributed by atoms with E-state index in [4.69, 9.17) is 16.3 Å². The second kappa shape index (κ2) is 7.59. The van der Waals surface area contributed by atoms with Crippen LogP contribution in [-0.4, -0.2) is 25.7 Å². The van der Waals surface area contributed by atoms with Crippen molar-refractivity contribution in [1.29, 1.82) is 0 Å². The minimum absolute atomic E-state index is 0.147. The number of halogens is 1. The van der Waals surface area contributed by atoms with Crippen molar-refractivity contribution in [1.82, 2.24) is 0 Å². The summed E-state index contributed by atoms with van der Waals surface area (Å²) in [5.41, 5.74) is 0.850. The highest BCUT2D eigenvalue weighted by molar-refractivity contribution is 6.32. The highest BCUT2D eigenvalue weighted by Gasteiger charge is 2.15. The number of ether oxygens (including phenoxy) is 2. The Kier molecular flexibility index (Phi) is 6.09. The van der Waals surface area contributed by atoms with Gasteiger partial charge in [-0.1, -0.05) is 29.8 Å². The first-order chi connectivity index (χ1) is 9.08. The molecule has 19 heavy (non-hydrogen) atoms. The molecule has 0 amide bonds. The molecule has 0 atom stereocenters. The summed E-state index contributed by atoms with van der Waals surface area (Å²) in [4.78, 5) is 23.1. The molecule has 0 heterocycles. The van der Waals surface area contributed by atoms with E-state index in [1.54, 1.807) is 31.2 Å². The number of esters is 2. The minimum atomic E-state index is -0.576. The van der Waals surface area contributed by atoms with Gasteiger partial charge in [0.05, 0.1) is 20.1 Å². The Bertz CT molecular complexity index is 494. The van der Waals surface area contributed by atoms with E-state index >= 15 is 0 Å². The van der Waals surface area contributed by atoms with Gasteiger partial charge >= 0.3 is 11.9 Å². The number of rotatable bonds is 5. The summed E-state index contributed by atoms with van der Waals surface area (Å²) in [5.74, 6) is -1.06. The van der Waals surface area contributed by atoms with Crippen molar-refractivity contribution < 1.29 is 19.1 Å². The van der Waals surface area contributed by atoms with Gasteiger partial charge < -0.3 is 9.47 Å². The van der Waals surface area contributed by atoms with Crippen LogP contribution in [0.5, 0.6) is 0 Å². The molecule has 0 aliphatic rings. The molecule has 0 saturated carbocycles. The average molecular weight is 283 g/mol. The fraction of sp³-hybridized carbons (Fsp3) is 0.286. The molecule has 0 N–H and O–H groups in total. The SMILES string of the molecule is CCOC(=O)C/C(=C\c1ccccc1Cl)C(=O)OC. The van der Waals surface area contributed by atoms with Gasteiger partial charge in [-0.2, -0.15) is 0 Å². The maximum Gasteiger partial charge on any atom is 0.334 e. The summed E-state index contributed by atoms with van der Waals surface area (Å²) in [6.07, 6.45) is 1.39. The van der Waals surface area contributed by atoms with Gasteiger partial charge in [0, 0.05) is 10.6 Å². The Hall–Kier alpha value is -1.81. The molecule has 102 valence electrons. The smallest absolute Gasteiger partial charge is 0.334 e. The quantitative estimate of drug-likeness (QED) is 0.615. The molecule has 1 aromatic carbocycles. The maximum absolute atomic E-state index is 11.6. The van der Waals surface area contributed by atoms with E-state index in [1.165, 1.54) is 13.2 Å². The van der Waals surface area contributed by atoms with Crippen LogP contribution >= 0.6 is 11.6 Å². The van der Waals surface area contributed by atoms with Crippen LogP contribution in [0.1, 0.15) is 18.9 Å². The first-order valence-corrected chi connectivity index (χ1v) is 6.15. The lowest BCUT2D eigenvalue weighted by Gasteiger charge is -2.06. The van der Waals surface area contributed by atoms with Gasteiger partial charge in [-0.15, -0.1) is 0 Å². The summed E-state index contributed by atoms with van der Waals surface area (Å²) in [6.45, 7) is 1.97. The topological polar surface area (TPSA) is 52.6 Å². The van der Waals surface area contributed by atoms with E-state index in [0.717, 1.165) is 0 Å². The lowest BCUT2D eigenvalue weighted by atomic mass is 10.1. The first-order valence-electron chi connectivity index (χ1n) is 5.77. The Labute approximate surface area is 117 Å². The number of hydrogen-bond donors (Lipinski definition) is 0. The third-order valence-electron chi connectivity index (χ3n) is 2.32. The van der Waals surface area contributed by atoms with Gasteiger partial charge in [-0.3, -0.25) is 4.79 Å². The first kappa shape index (κ1) is 15.2. The van der Waals surface area contributed by atoms with E-state index < -0.39 is 11.9 Å². The third-order valence-corrected chi connectivity index (χ3v) is 2.67. The molecule has 0 aliphatic carbocycles. The van der Waals surface area contributed by atoms with Gasteiger partial charge in [-0.05, 0) is 24.6 Å². The molecule has 5 heteroatoms. The van der Waals surface area contributed by atoms with Crippen LogP contribution in [0, 0.1) is 0 Å². The number of carbonyl (C=O) groups is 2. The van der Waals surface area contributed by atoms with Gasteiger partial charge in [0.2, 0.25) is 0 Å². The largest absolute Gasteiger partial charge is 0.466 e. The fourth-order valence-electron chi connectivity index (χ4n) is 1.46. The maximum atomic E-state index is 11.6. The van der Waals surface area contributed by atoms with Crippen LogP contribution in [0.25, 0.3) is 6.08 Å². The summed E-state index contributed by atoms with van der Waals surface area (Å²) in [5, 5.41) is 0.493. The summed E-state index contributed by atoms with van der Waals surface area (Å²) in [6, 6.07) is 7.02. The zero-order valence-electron chi connectivity index (χ0n) is 10.8. The van der Waals surface area contributed by atoms with Crippen molar-refractivity contribution in [3.63, 3.8) is 0 Å². The van der Waals surface area contributed by atoms with Crippen LogP contribution in [0.4, 0.5) is 0 Å². The Morgan fingerprint density at radius 1 is 1.32 bits per heavy atom. The average Bonchev–Trinajstić information content (AvgIpc) is 2.39. The summed E-state index contributed by atoms with van der Waals surface area (Å²) < 4.78 is 9.46. The van der Waals surface area contributed by atoms with Gasteiger partial charge in [0.1, 0.15) is 0 Å². The van der Waals surface area contributed by atoms with Crippen molar-refractivity contribution >= 4 is 29.6 Å². The van der Waals surface area contributed by atoms with Crippen LogP contribution in [0.15, 0.2) is 29.8 Å². The molecule has 0 aromatic heterocycles.